The molecule has 1 aromatic carbocycles. The van der Waals surface area contributed by atoms with Gasteiger partial charge in [-0.25, -0.2) is 0 Å². The summed E-state index contributed by atoms with van der Waals surface area (Å²) in [7, 11) is 0. The summed E-state index contributed by atoms with van der Waals surface area (Å²) in [5, 5.41) is 10.1. The van der Waals surface area contributed by atoms with Gasteiger partial charge in [-0.2, -0.15) is 0 Å². The third-order valence-electron chi connectivity index (χ3n) is 5.66. The number of aryl methyl sites for hydroxylation is 1. The summed E-state index contributed by atoms with van der Waals surface area (Å²) in [4.78, 5) is 12.2. The van der Waals surface area contributed by atoms with Gasteiger partial charge in [0.25, 0.3) is 0 Å². The van der Waals surface area contributed by atoms with Gasteiger partial charge < -0.3 is 14.6 Å². The molecule has 2 rings (SSSR count). The van der Waals surface area contributed by atoms with Crippen LogP contribution in [-0.4, -0.2) is 36.0 Å². The Bertz CT molecular complexity index is 578. The van der Waals surface area contributed by atoms with E-state index in [4.69, 9.17) is 9.47 Å². The molecule has 0 aromatic heterocycles. The maximum Gasteiger partial charge on any atom is 0.311 e. The Balaban J connectivity index is 2.03. The molecule has 0 radical (unpaired) electrons. The van der Waals surface area contributed by atoms with Gasteiger partial charge in [-0.05, 0) is 63.9 Å². The Kier molecular flexibility index (Phi) is 7.87. The van der Waals surface area contributed by atoms with Gasteiger partial charge in [0.2, 0.25) is 0 Å². The molecule has 0 bridgehead atoms. The monoisotopic (exact) mass is 376 g/mol. The van der Waals surface area contributed by atoms with Gasteiger partial charge in [0.05, 0.1) is 23.7 Å². The molecular formula is C23H36O4. The van der Waals surface area contributed by atoms with Gasteiger partial charge in [0, 0.05) is 0 Å². The van der Waals surface area contributed by atoms with Gasteiger partial charge in [-0.3, -0.25) is 4.79 Å². The third kappa shape index (κ3) is 6.32. The second-order valence-corrected chi connectivity index (χ2v) is 8.91. The van der Waals surface area contributed by atoms with Crippen molar-refractivity contribution in [2.75, 3.05) is 6.61 Å². The molecule has 4 heteroatoms. The normalized spacial score (nSPS) is 26.7. The molecule has 1 aromatic rings. The summed E-state index contributed by atoms with van der Waals surface area (Å²) < 4.78 is 11.8. The van der Waals surface area contributed by atoms with Crippen LogP contribution in [0, 0.1) is 17.3 Å². The van der Waals surface area contributed by atoms with Crippen LogP contribution >= 0.6 is 0 Å². The lowest BCUT2D eigenvalue weighted by Crippen LogP contribution is -2.30. The molecule has 1 aliphatic heterocycles. The highest BCUT2D eigenvalue weighted by molar-refractivity contribution is 5.75. The fourth-order valence-corrected chi connectivity index (χ4v) is 3.73. The zero-order valence-electron chi connectivity index (χ0n) is 17.5. The zero-order valence-corrected chi connectivity index (χ0v) is 17.5. The molecule has 0 spiro atoms. The first-order valence-electron chi connectivity index (χ1n) is 10.3. The lowest BCUT2D eigenvalue weighted by molar-refractivity contribution is -0.157. The number of carbonyl (C=O) groups is 1. The van der Waals surface area contributed by atoms with Crippen LogP contribution in [0.4, 0.5) is 0 Å². The van der Waals surface area contributed by atoms with Crippen LogP contribution in [0.1, 0.15) is 59.4 Å². The second-order valence-electron chi connectivity index (χ2n) is 8.91. The Morgan fingerprint density at radius 3 is 2.48 bits per heavy atom. The van der Waals surface area contributed by atoms with E-state index < -0.39 is 5.41 Å². The molecule has 2 unspecified atom stereocenters. The first-order chi connectivity index (χ1) is 12.7. The quantitative estimate of drug-likeness (QED) is 0.684. The van der Waals surface area contributed by atoms with E-state index in [9.17, 15) is 9.90 Å². The van der Waals surface area contributed by atoms with E-state index in [-0.39, 0.29) is 24.3 Å². The Labute approximate surface area is 164 Å². The SMILES string of the molecule is CCC(O)C[C@H]1O[C@@H](COC(=O)C(C)(C)C)C(CCc2ccccc2)[C@H]1C. The van der Waals surface area contributed by atoms with E-state index >= 15 is 0 Å². The fourth-order valence-electron chi connectivity index (χ4n) is 3.73. The molecule has 4 nitrogen and oxygen atoms in total. The molecule has 152 valence electrons. The molecule has 1 aliphatic rings. The summed E-state index contributed by atoms with van der Waals surface area (Å²) in [5.41, 5.74) is 0.800. The number of ether oxygens (including phenoxy) is 2. The van der Waals surface area contributed by atoms with Crippen LogP contribution in [0.15, 0.2) is 30.3 Å². The van der Waals surface area contributed by atoms with Crippen molar-refractivity contribution in [1.82, 2.24) is 0 Å². The Morgan fingerprint density at radius 1 is 1.22 bits per heavy atom. The summed E-state index contributed by atoms with van der Waals surface area (Å²) in [6.45, 7) is 10.1. The fraction of sp³-hybridized carbons (Fsp3) is 0.696. The first-order valence-corrected chi connectivity index (χ1v) is 10.3. The number of aliphatic hydroxyl groups excluding tert-OH is 1. The molecular weight excluding hydrogens is 340 g/mol. The summed E-state index contributed by atoms with van der Waals surface area (Å²) >= 11 is 0. The van der Waals surface area contributed by atoms with Gasteiger partial charge in [0.1, 0.15) is 6.61 Å². The Morgan fingerprint density at radius 2 is 1.89 bits per heavy atom. The van der Waals surface area contributed by atoms with E-state index in [0.29, 0.717) is 24.9 Å². The number of benzene rings is 1. The van der Waals surface area contributed by atoms with Crippen LogP contribution in [0.25, 0.3) is 0 Å². The van der Waals surface area contributed by atoms with Crippen molar-refractivity contribution >= 4 is 5.97 Å². The second kappa shape index (κ2) is 9.70. The lowest BCUT2D eigenvalue weighted by atomic mass is 9.83. The van der Waals surface area contributed by atoms with Crippen molar-refractivity contribution in [1.29, 1.82) is 0 Å². The molecule has 1 saturated heterocycles. The van der Waals surface area contributed by atoms with E-state index in [2.05, 4.69) is 31.2 Å². The van der Waals surface area contributed by atoms with E-state index in [1.54, 1.807) is 0 Å². The number of rotatable bonds is 8. The maximum atomic E-state index is 12.2. The van der Waals surface area contributed by atoms with Crippen LogP contribution in [-0.2, 0) is 20.7 Å². The van der Waals surface area contributed by atoms with E-state index in [1.807, 2.05) is 33.8 Å². The van der Waals surface area contributed by atoms with Gasteiger partial charge in [-0.1, -0.05) is 44.2 Å². The number of carbonyl (C=O) groups excluding carboxylic acids is 1. The Hall–Kier alpha value is -1.39. The average molecular weight is 377 g/mol. The van der Waals surface area contributed by atoms with E-state index in [1.165, 1.54) is 5.56 Å². The molecule has 27 heavy (non-hydrogen) atoms. The number of hydrogen-bond acceptors (Lipinski definition) is 4. The summed E-state index contributed by atoms with van der Waals surface area (Å²) in [6.07, 6.45) is 2.90. The van der Waals surface area contributed by atoms with Crippen LogP contribution < -0.4 is 0 Å². The smallest absolute Gasteiger partial charge is 0.311 e. The lowest BCUT2D eigenvalue weighted by Gasteiger charge is -2.23. The number of esters is 1. The molecule has 5 atom stereocenters. The zero-order chi connectivity index (χ0) is 20.0. The highest BCUT2D eigenvalue weighted by atomic mass is 16.6. The van der Waals surface area contributed by atoms with E-state index in [0.717, 1.165) is 19.3 Å². The van der Waals surface area contributed by atoms with Crippen LogP contribution in [0.2, 0.25) is 0 Å². The molecule has 0 amide bonds. The molecule has 1 heterocycles. The minimum absolute atomic E-state index is 0.0130. The first kappa shape index (κ1) is 21.9. The minimum Gasteiger partial charge on any atom is -0.463 e. The predicted molar refractivity (Wildman–Crippen MR) is 107 cm³/mol. The largest absolute Gasteiger partial charge is 0.463 e. The van der Waals surface area contributed by atoms with Gasteiger partial charge in [-0.15, -0.1) is 0 Å². The third-order valence-corrected chi connectivity index (χ3v) is 5.66. The predicted octanol–water partition coefficient (Wildman–Crippen LogP) is 4.39. The minimum atomic E-state index is -0.512. The average Bonchev–Trinajstić information content (AvgIpc) is 2.92. The van der Waals surface area contributed by atoms with Crippen molar-refractivity contribution < 1.29 is 19.4 Å². The van der Waals surface area contributed by atoms with Gasteiger partial charge >= 0.3 is 5.97 Å². The highest BCUT2D eigenvalue weighted by Crippen LogP contribution is 2.38. The van der Waals surface area contributed by atoms with Crippen molar-refractivity contribution in [3.8, 4) is 0 Å². The maximum absolute atomic E-state index is 12.2. The molecule has 0 aliphatic carbocycles. The standard InChI is InChI=1S/C23H36O4/c1-6-18(24)14-20-16(2)19(13-12-17-10-8-7-9-11-17)21(27-20)15-26-22(25)23(3,4)5/h7-11,16,18-21,24H,6,12-15H2,1-5H3/t16-,18?,19?,20-,21+/m1/s1. The number of hydrogen-bond donors (Lipinski definition) is 1. The van der Waals surface area contributed by atoms with Crippen molar-refractivity contribution in [2.24, 2.45) is 17.3 Å². The molecule has 1 fully saturated rings. The van der Waals surface area contributed by atoms with Gasteiger partial charge in [0.15, 0.2) is 0 Å². The summed E-state index contributed by atoms with van der Waals surface area (Å²) in [6, 6.07) is 10.4. The number of aliphatic hydroxyl groups is 1. The van der Waals surface area contributed by atoms with Crippen LogP contribution in [0.5, 0.6) is 0 Å². The van der Waals surface area contributed by atoms with Crippen LogP contribution in [0.3, 0.4) is 0 Å². The van der Waals surface area contributed by atoms with Crippen molar-refractivity contribution in [3.63, 3.8) is 0 Å². The van der Waals surface area contributed by atoms with Crippen molar-refractivity contribution in [3.05, 3.63) is 35.9 Å². The van der Waals surface area contributed by atoms with Crippen molar-refractivity contribution in [2.45, 2.75) is 78.6 Å². The molecule has 0 saturated carbocycles. The summed E-state index contributed by atoms with van der Waals surface area (Å²) in [5.74, 6) is 0.442. The highest BCUT2D eigenvalue weighted by Gasteiger charge is 2.42. The molecule has 1 N–H and O–H groups in total. The topological polar surface area (TPSA) is 55.8 Å².